The lowest BCUT2D eigenvalue weighted by molar-refractivity contribution is 0.0951. The molecule has 0 aliphatic carbocycles. The number of fused-ring (bicyclic) bond motifs is 1. The first-order valence-corrected chi connectivity index (χ1v) is 11.4. The number of carbonyl (C=O) groups excluding carboxylic acids is 1. The minimum Gasteiger partial charge on any atom is -0.348 e. The molecule has 4 aromatic carbocycles. The summed E-state index contributed by atoms with van der Waals surface area (Å²) in [4.78, 5) is 12.7. The van der Waals surface area contributed by atoms with Crippen LogP contribution in [0.25, 0.3) is 10.8 Å². The van der Waals surface area contributed by atoms with E-state index < -0.39 is 10.0 Å². The Morgan fingerprint density at radius 1 is 0.806 bits per heavy atom. The van der Waals surface area contributed by atoms with Gasteiger partial charge >= 0.3 is 0 Å². The molecule has 0 aromatic heterocycles. The van der Waals surface area contributed by atoms with Crippen molar-refractivity contribution in [3.05, 3.63) is 107 Å². The molecule has 0 bridgehead atoms. The van der Waals surface area contributed by atoms with Crippen molar-refractivity contribution in [3.8, 4) is 0 Å². The van der Waals surface area contributed by atoms with Gasteiger partial charge in [-0.1, -0.05) is 66.2 Å². The third-order valence-corrected chi connectivity index (χ3v) is 6.50. The van der Waals surface area contributed by atoms with Crippen LogP contribution in [0.4, 0.5) is 5.69 Å². The summed E-state index contributed by atoms with van der Waals surface area (Å²) in [6.07, 6.45) is 0. The SMILES string of the molecule is O=C(NCc1ccc2ccccc2c1)c1ccc(NS(=O)(=O)c2ccccc2)cc1Cl. The summed E-state index contributed by atoms with van der Waals surface area (Å²) in [7, 11) is -3.74. The van der Waals surface area contributed by atoms with E-state index in [0.717, 1.165) is 16.3 Å². The maximum Gasteiger partial charge on any atom is 0.261 e. The average Bonchev–Trinajstić information content (AvgIpc) is 2.78. The third kappa shape index (κ3) is 4.87. The minimum absolute atomic E-state index is 0.142. The second kappa shape index (κ2) is 8.79. The molecule has 0 spiro atoms. The number of carbonyl (C=O) groups is 1. The highest BCUT2D eigenvalue weighted by Gasteiger charge is 2.16. The van der Waals surface area contributed by atoms with Crippen LogP contribution in [0.1, 0.15) is 15.9 Å². The number of sulfonamides is 1. The van der Waals surface area contributed by atoms with Crippen molar-refractivity contribution in [1.29, 1.82) is 0 Å². The molecular formula is C24H19ClN2O3S. The quantitative estimate of drug-likeness (QED) is 0.422. The Morgan fingerprint density at radius 3 is 2.26 bits per heavy atom. The predicted molar refractivity (Wildman–Crippen MR) is 124 cm³/mol. The van der Waals surface area contributed by atoms with Crippen molar-refractivity contribution >= 4 is 44.0 Å². The topological polar surface area (TPSA) is 75.3 Å². The van der Waals surface area contributed by atoms with Crippen LogP contribution in [0.5, 0.6) is 0 Å². The summed E-state index contributed by atoms with van der Waals surface area (Å²) in [5.41, 5.74) is 1.51. The molecule has 0 atom stereocenters. The Morgan fingerprint density at radius 2 is 1.52 bits per heavy atom. The number of benzene rings is 4. The van der Waals surface area contributed by atoms with Gasteiger partial charge in [-0.15, -0.1) is 0 Å². The molecule has 1 amide bonds. The summed E-state index contributed by atoms with van der Waals surface area (Å²) in [5, 5.41) is 5.24. The Hall–Kier alpha value is -3.35. The number of hydrogen-bond donors (Lipinski definition) is 2. The lowest BCUT2D eigenvalue weighted by atomic mass is 10.1. The zero-order valence-electron chi connectivity index (χ0n) is 16.4. The van der Waals surface area contributed by atoms with E-state index in [2.05, 4.69) is 10.0 Å². The predicted octanol–water partition coefficient (Wildman–Crippen LogP) is 5.22. The van der Waals surface area contributed by atoms with Crippen molar-refractivity contribution in [1.82, 2.24) is 5.32 Å². The molecule has 31 heavy (non-hydrogen) atoms. The van der Waals surface area contributed by atoms with Crippen LogP contribution in [0.3, 0.4) is 0 Å². The standard InChI is InChI=1S/C24H19ClN2O3S/c25-23-15-20(27-31(29,30)21-8-2-1-3-9-21)12-13-22(23)24(28)26-16-17-10-11-18-6-4-5-7-19(18)14-17/h1-15,27H,16H2,(H,26,28). The molecule has 5 nitrogen and oxygen atoms in total. The number of rotatable bonds is 6. The number of hydrogen-bond acceptors (Lipinski definition) is 3. The van der Waals surface area contributed by atoms with Crippen LogP contribution in [0.15, 0.2) is 95.9 Å². The Balaban J connectivity index is 1.45. The maximum atomic E-state index is 12.6. The second-order valence-corrected chi connectivity index (χ2v) is 9.07. The van der Waals surface area contributed by atoms with Gasteiger partial charge in [0.05, 0.1) is 21.2 Å². The molecule has 0 radical (unpaired) electrons. The van der Waals surface area contributed by atoms with E-state index in [1.54, 1.807) is 18.2 Å². The molecule has 0 saturated carbocycles. The lowest BCUT2D eigenvalue weighted by Crippen LogP contribution is -2.23. The van der Waals surface area contributed by atoms with Gasteiger partial charge in [-0.3, -0.25) is 9.52 Å². The fraction of sp³-hybridized carbons (Fsp3) is 0.0417. The fourth-order valence-corrected chi connectivity index (χ4v) is 4.54. The molecule has 2 N–H and O–H groups in total. The molecule has 0 heterocycles. The zero-order valence-corrected chi connectivity index (χ0v) is 18.0. The average molecular weight is 451 g/mol. The fourth-order valence-electron chi connectivity index (χ4n) is 3.20. The Labute approximate surface area is 185 Å². The number of amides is 1. The van der Waals surface area contributed by atoms with Gasteiger partial charge in [0, 0.05) is 6.54 Å². The van der Waals surface area contributed by atoms with Crippen LogP contribution >= 0.6 is 11.6 Å². The molecule has 156 valence electrons. The van der Waals surface area contributed by atoms with Crippen molar-refractivity contribution in [2.24, 2.45) is 0 Å². The van der Waals surface area contributed by atoms with Crippen molar-refractivity contribution in [3.63, 3.8) is 0 Å². The summed E-state index contributed by atoms with van der Waals surface area (Å²) < 4.78 is 27.4. The van der Waals surface area contributed by atoms with Crippen LogP contribution < -0.4 is 10.0 Å². The van der Waals surface area contributed by atoms with E-state index in [1.807, 2.05) is 42.5 Å². The third-order valence-electron chi connectivity index (χ3n) is 4.79. The van der Waals surface area contributed by atoms with Crippen LogP contribution in [-0.2, 0) is 16.6 Å². The van der Waals surface area contributed by atoms with Gasteiger partial charge in [0.2, 0.25) is 0 Å². The van der Waals surface area contributed by atoms with Gasteiger partial charge < -0.3 is 5.32 Å². The van der Waals surface area contributed by atoms with Gasteiger partial charge in [-0.2, -0.15) is 0 Å². The maximum absolute atomic E-state index is 12.6. The molecule has 0 aliphatic heterocycles. The van der Waals surface area contributed by atoms with Crippen LogP contribution in [0.2, 0.25) is 5.02 Å². The van der Waals surface area contributed by atoms with Crippen molar-refractivity contribution < 1.29 is 13.2 Å². The molecule has 0 fully saturated rings. The molecule has 4 aromatic rings. The van der Waals surface area contributed by atoms with Gasteiger partial charge in [-0.25, -0.2) is 8.42 Å². The lowest BCUT2D eigenvalue weighted by Gasteiger charge is -2.11. The van der Waals surface area contributed by atoms with E-state index in [9.17, 15) is 13.2 Å². The van der Waals surface area contributed by atoms with E-state index in [0.29, 0.717) is 6.54 Å². The molecule has 0 unspecified atom stereocenters. The van der Waals surface area contributed by atoms with Crippen molar-refractivity contribution in [2.45, 2.75) is 11.4 Å². The number of halogens is 1. The van der Waals surface area contributed by atoms with Gasteiger partial charge in [-0.05, 0) is 52.7 Å². The van der Waals surface area contributed by atoms with Crippen LogP contribution in [0, 0.1) is 0 Å². The first-order chi connectivity index (χ1) is 14.9. The molecule has 0 saturated heterocycles. The Kier molecular flexibility index (Phi) is 5.93. The number of nitrogens with one attached hydrogen (secondary N) is 2. The first-order valence-electron chi connectivity index (χ1n) is 9.56. The number of anilines is 1. The minimum atomic E-state index is -3.74. The molecule has 7 heteroatoms. The summed E-state index contributed by atoms with van der Waals surface area (Å²) >= 11 is 6.26. The summed E-state index contributed by atoms with van der Waals surface area (Å²) in [6, 6.07) is 26.5. The molecular weight excluding hydrogens is 432 g/mol. The normalized spacial score (nSPS) is 11.3. The van der Waals surface area contributed by atoms with Gasteiger partial charge in [0.1, 0.15) is 0 Å². The second-order valence-electron chi connectivity index (χ2n) is 6.98. The van der Waals surface area contributed by atoms with E-state index in [1.165, 1.54) is 30.3 Å². The highest BCUT2D eigenvalue weighted by atomic mass is 35.5. The molecule has 4 rings (SSSR count). The van der Waals surface area contributed by atoms with Gasteiger partial charge in [0.15, 0.2) is 0 Å². The van der Waals surface area contributed by atoms with Crippen LogP contribution in [-0.4, -0.2) is 14.3 Å². The van der Waals surface area contributed by atoms with E-state index >= 15 is 0 Å². The highest BCUT2D eigenvalue weighted by molar-refractivity contribution is 7.92. The van der Waals surface area contributed by atoms with E-state index in [-0.39, 0.29) is 27.1 Å². The highest BCUT2D eigenvalue weighted by Crippen LogP contribution is 2.24. The van der Waals surface area contributed by atoms with Crippen molar-refractivity contribution in [2.75, 3.05) is 4.72 Å². The van der Waals surface area contributed by atoms with Gasteiger partial charge in [0.25, 0.3) is 15.9 Å². The Bertz CT molecular complexity index is 1360. The largest absolute Gasteiger partial charge is 0.348 e. The smallest absolute Gasteiger partial charge is 0.261 e. The summed E-state index contributed by atoms with van der Waals surface area (Å²) in [6.45, 7) is 0.350. The van der Waals surface area contributed by atoms with E-state index in [4.69, 9.17) is 11.6 Å². The zero-order chi connectivity index (χ0) is 21.8. The molecule has 0 aliphatic rings. The first kappa shape index (κ1) is 20.9. The monoisotopic (exact) mass is 450 g/mol. The summed E-state index contributed by atoms with van der Waals surface area (Å²) in [5.74, 6) is -0.337.